The number of alkyl halides is 3. The van der Waals surface area contributed by atoms with Crippen LogP contribution in [0.4, 0.5) is 13.2 Å². The zero-order valence-electron chi connectivity index (χ0n) is 12.3. The monoisotopic (exact) mass is 298 g/mol. The molecule has 0 amide bonds. The maximum atomic E-state index is 12.8. The molecule has 0 heterocycles. The van der Waals surface area contributed by atoms with Crippen molar-refractivity contribution in [2.24, 2.45) is 0 Å². The van der Waals surface area contributed by atoms with Crippen LogP contribution < -0.4 is 4.74 Å². The highest BCUT2D eigenvalue weighted by atomic mass is 19.4. The van der Waals surface area contributed by atoms with Gasteiger partial charge in [0.15, 0.2) is 0 Å². The highest BCUT2D eigenvalue weighted by Crippen LogP contribution is 2.34. The van der Waals surface area contributed by atoms with Crippen LogP contribution >= 0.6 is 0 Å². The Morgan fingerprint density at radius 2 is 2.00 bits per heavy atom. The van der Waals surface area contributed by atoms with Gasteiger partial charge in [-0.25, -0.2) is 0 Å². The molecule has 0 bridgehead atoms. The second kappa shape index (κ2) is 6.54. The van der Waals surface area contributed by atoms with Crippen LogP contribution in [0.2, 0.25) is 0 Å². The van der Waals surface area contributed by atoms with E-state index in [2.05, 4.69) is 6.58 Å². The Bertz CT molecular complexity index is 505. The molecule has 1 fully saturated rings. The van der Waals surface area contributed by atoms with Gasteiger partial charge < -0.3 is 4.74 Å². The highest BCUT2D eigenvalue weighted by molar-refractivity contribution is 5.39. The molecule has 0 aliphatic heterocycles. The van der Waals surface area contributed by atoms with Gasteiger partial charge in [0.25, 0.3) is 0 Å². The topological polar surface area (TPSA) is 9.23 Å². The van der Waals surface area contributed by atoms with Crippen molar-refractivity contribution in [3.05, 3.63) is 41.5 Å². The number of allylic oxidation sites excluding steroid dienone is 1. The molecule has 1 aliphatic rings. The van der Waals surface area contributed by atoms with E-state index in [0.29, 0.717) is 12.2 Å². The second-order valence-electron chi connectivity index (χ2n) is 5.59. The van der Waals surface area contributed by atoms with Crippen molar-refractivity contribution in [1.82, 2.24) is 0 Å². The molecule has 1 aromatic carbocycles. The molecule has 1 unspecified atom stereocenters. The van der Waals surface area contributed by atoms with Crippen molar-refractivity contribution in [2.75, 3.05) is 0 Å². The van der Waals surface area contributed by atoms with Crippen molar-refractivity contribution in [3.8, 4) is 5.75 Å². The summed E-state index contributed by atoms with van der Waals surface area (Å²) in [5.74, 6) is 0.379. The zero-order chi connectivity index (χ0) is 15.5. The maximum absolute atomic E-state index is 12.8. The molecule has 0 N–H and O–H groups in total. The lowest BCUT2D eigenvalue weighted by Crippen LogP contribution is -2.17. The Hall–Kier alpha value is -1.45. The van der Waals surface area contributed by atoms with Crippen LogP contribution in [0.5, 0.6) is 5.75 Å². The Morgan fingerprint density at radius 1 is 1.24 bits per heavy atom. The molecule has 4 heteroatoms. The SMILES string of the molecule is C=C1CCCC(Oc2cc(C(F)(F)F)ccc2CC)CC1. The molecule has 2 rings (SSSR count). The third-order valence-corrected chi connectivity index (χ3v) is 3.95. The summed E-state index contributed by atoms with van der Waals surface area (Å²) in [5, 5.41) is 0. The summed E-state index contributed by atoms with van der Waals surface area (Å²) in [6.07, 6.45) is 0.891. The van der Waals surface area contributed by atoms with Crippen molar-refractivity contribution in [1.29, 1.82) is 0 Å². The molecule has 1 atom stereocenters. The van der Waals surface area contributed by atoms with Crippen LogP contribution in [0, 0.1) is 0 Å². The van der Waals surface area contributed by atoms with Crippen molar-refractivity contribution in [2.45, 2.75) is 57.7 Å². The van der Waals surface area contributed by atoms with Gasteiger partial charge in [0, 0.05) is 0 Å². The van der Waals surface area contributed by atoms with Gasteiger partial charge in [-0.2, -0.15) is 13.2 Å². The molecule has 0 radical (unpaired) electrons. The summed E-state index contributed by atoms with van der Waals surface area (Å²) in [4.78, 5) is 0. The Labute approximate surface area is 123 Å². The number of benzene rings is 1. The molecule has 1 nitrogen and oxygen atoms in total. The first kappa shape index (κ1) is 15.9. The largest absolute Gasteiger partial charge is 0.490 e. The van der Waals surface area contributed by atoms with E-state index in [1.165, 1.54) is 11.6 Å². The average molecular weight is 298 g/mol. The van der Waals surface area contributed by atoms with Gasteiger partial charge in [0.2, 0.25) is 0 Å². The fourth-order valence-corrected chi connectivity index (χ4v) is 2.64. The first-order valence-corrected chi connectivity index (χ1v) is 7.43. The maximum Gasteiger partial charge on any atom is 0.416 e. The number of hydrogen-bond donors (Lipinski definition) is 0. The van der Waals surface area contributed by atoms with Crippen molar-refractivity contribution in [3.63, 3.8) is 0 Å². The van der Waals surface area contributed by atoms with Gasteiger partial charge >= 0.3 is 6.18 Å². The summed E-state index contributed by atoms with van der Waals surface area (Å²) < 4.78 is 44.4. The third kappa shape index (κ3) is 4.26. The lowest BCUT2D eigenvalue weighted by atomic mass is 10.1. The highest BCUT2D eigenvalue weighted by Gasteiger charge is 2.31. The molecular weight excluding hydrogens is 277 g/mol. The average Bonchev–Trinajstić information content (AvgIpc) is 2.63. The van der Waals surface area contributed by atoms with Gasteiger partial charge in [-0.1, -0.05) is 25.1 Å². The molecule has 0 aromatic heterocycles. The lowest BCUT2D eigenvalue weighted by Gasteiger charge is -2.20. The quantitative estimate of drug-likeness (QED) is 0.526. The van der Waals surface area contributed by atoms with E-state index in [9.17, 15) is 13.2 Å². The van der Waals surface area contributed by atoms with Crippen LogP contribution in [0.15, 0.2) is 30.4 Å². The first-order chi connectivity index (χ1) is 9.90. The van der Waals surface area contributed by atoms with Crippen LogP contribution in [0.1, 0.15) is 50.2 Å². The number of halogens is 3. The van der Waals surface area contributed by atoms with E-state index < -0.39 is 11.7 Å². The van der Waals surface area contributed by atoms with Gasteiger partial charge in [-0.15, -0.1) is 0 Å². The third-order valence-electron chi connectivity index (χ3n) is 3.95. The number of hydrogen-bond acceptors (Lipinski definition) is 1. The smallest absolute Gasteiger partial charge is 0.416 e. The van der Waals surface area contributed by atoms with Crippen LogP contribution in [-0.2, 0) is 12.6 Å². The molecule has 21 heavy (non-hydrogen) atoms. The molecule has 1 saturated carbocycles. The van der Waals surface area contributed by atoms with E-state index >= 15 is 0 Å². The Balaban J connectivity index is 2.19. The van der Waals surface area contributed by atoms with E-state index in [0.717, 1.165) is 49.8 Å². The summed E-state index contributed by atoms with van der Waals surface area (Å²) >= 11 is 0. The van der Waals surface area contributed by atoms with Gasteiger partial charge in [0.1, 0.15) is 5.75 Å². The summed E-state index contributed by atoms with van der Waals surface area (Å²) in [6, 6.07) is 3.78. The minimum atomic E-state index is -4.33. The van der Waals surface area contributed by atoms with Crippen molar-refractivity contribution >= 4 is 0 Å². The molecule has 1 aromatic rings. The standard InChI is InChI=1S/C17H21F3O/c1-3-13-8-9-14(17(18,19)20)11-16(13)21-15-6-4-5-12(2)7-10-15/h8-9,11,15H,2-7,10H2,1H3. The fourth-order valence-electron chi connectivity index (χ4n) is 2.64. The zero-order valence-corrected chi connectivity index (χ0v) is 12.3. The molecule has 0 spiro atoms. The van der Waals surface area contributed by atoms with Crippen LogP contribution in [-0.4, -0.2) is 6.10 Å². The van der Waals surface area contributed by atoms with Crippen molar-refractivity contribution < 1.29 is 17.9 Å². The predicted octanol–water partition coefficient (Wildman–Crippen LogP) is 5.54. The van der Waals surface area contributed by atoms with Crippen LogP contribution in [0.3, 0.4) is 0 Å². The lowest BCUT2D eigenvalue weighted by molar-refractivity contribution is -0.137. The Kier molecular flexibility index (Phi) is 4.96. The van der Waals surface area contributed by atoms with Crippen LogP contribution in [0.25, 0.3) is 0 Å². The number of ether oxygens (including phenoxy) is 1. The first-order valence-electron chi connectivity index (χ1n) is 7.43. The fraction of sp³-hybridized carbons (Fsp3) is 0.529. The molecule has 0 saturated heterocycles. The summed E-state index contributed by atoms with van der Waals surface area (Å²) in [7, 11) is 0. The minimum absolute atomic E-state index is 0.0157. The van der Waals surface area contributed by atoms with E-state index in [-0.39, 0.29) is 6.10 Å². The Morgan fingerprint density at radius 3 is 2.67 bits per heavy atom. The van der Waals surface area contributed by atoms with E-state index in [4.69, 9.17) is 4.74 Å². The van der Waals surface area contributed by atoms with Gasteiger partial charge in [-0.05, 0) is 56.2 Å². The predicted molar refractivity (Wildman–Crippen MR) is 77.5 cm³/mol. The molecule has 116 valence electrons. The molecular formula is C17H21F3O. The summed E-state index contributed by atoms with van der Waals surface area (Å²) in [6.45, 7) is 5.91. The normalized spacial score (nSPS) is 20.2. The van der Waals surface area contributed by atoms with E-state index in [1.807, 2.05) is 6.92 Å². The molecule has 1 aliphatic carbocycles. The minimum Gasteiger partial charge on any atom is -0.490 e. The number of aryl methyl sites for hydroxylation is 1. The summed E-state index contributed by atoms with van der Waals surface area (Å²) in [5.41, 5.74) is 1.39. The van der Waals surface area contributed by atoms with E-state index in [1.54, 1.807) is 0 Å². The van der Waals surface area contributed by atoms with Gasteiger partial charge in [-0.3, -0.25) is 0 Å². The number of rotatable bonds is 3. The second-order valence-corrected chi connectivity index (χ2v) is 5.59. The van der Waals surface area contributed by atoms with Gasteiger partial charge in [0.05, 0.1) is 11.7 Å².